The second-order valence-corrected chi connectivity index (χ2v) is 6.94. The van der Waals surface area contributed by atoms with Gasteiger partial charge in [-0.25, -0.2) is 0 Å². The third-order valence-electron chi connectivity index (χ3n) is 3.17. The monoisotopic (exact) mass is 378 g/mol. The predicted octanol–water partition coefficient (Wildman–Crippen LogP) is 3.21. The first-order valence-electron chi connectivity index (χ1n) is 6.56. The highest BCUT2D eigenvalue weighted by Gasteiger charge is 2.28. The van der Waals surface area contributed by atoms with Crippen LogP contribution in [0.25, 0.3) is 0 Å². The minimum atomic E-state index is 0. The van der Waals surface area contributed by atoms with Gasteiger partial charge < -0.3 is 11.1 Å². The van der Waals surface area contributed by atoms with E-state index in [0.717, 1.165) is 10.2 Å². The fourth-order valence-corrected chi connectivity index (χ4v) is 2.92. The predicted molar refractivity (Wildman–Crippen MR) is 90.4 cm³/mol. The number of thioether (sulfide) groups is 1. The molecule has 1 aromatic rings. The normalized spacial score (nSPS) is 15.3. The quantitative estimate of drug-likeness (QED) is 0.715. The van der Waals surface area contributed by atoms with Crippen LogP contribution in [0, 0.1) is 5.92 Å². The Bertz CT molecular complexity index is 426. The van der Waals surface area contributed by atoms with Gasteiger partial charge in [-0.1, -0.05) is 15.9 Å². The highest BCUT2D eigenvalue weighted by molar-refractivity contribution is 9.10. The van der Waals surface area contributed by atoms with Gasteiger partial charge in [-0.15, -0.1) is 24.2 Å². The molecule has 1 aromatic carbocycles. The molecule has 1 atom stereocenters. The van der Waals surface area contributed by atoms with Gasteiger partial charge in [0.15, 0.2) is 0 Å². The molecular weight excluding hydrogens is 360 g/mol. The van der Waals surface area contributed by atoms with Gasteiger partial charge in [-0.05, 0) is 43.0 Å². The lowest BCUT2D eigenvalue weighted by atomic mass is 10.2. The Balaban J connectivity index is 0.00000200. The molecule has 1 aliphatic rings. The number of benzene rings is 1. The number of amides is 1. The SMILES string of the molecule is Cl.NC(CNC(=O)CCSc1ccc(Br)cc1)C1CC1. The third-order valence-corrected chi connectivity index (χ3v) is 4.72. The van der Waals surface area contributed by atoms with E-state index in [1.807, 2.05) is 12.1 Å². The highest BCUT2D eigenvalue weighted by atomic mass is 79.9. The summed E-state index contributed by atoms with van der Waals surface area (Å²) in [7, 11) is 0. The van der Waals surface area contributed by atoms with E-state index in [0.29, 0.717) is 18.9 Å². The zero-order chi connectivity index (χ0) is 13.7. The van der Waals surface area contributed by atoms with Crippen LogP contribution in [0.4, 0.5) is 0 Å². The number of hydrogen-bond donors (Lipinski definition) is 2. The van der Waals surface area contributed by atoms with Crippen molar-refractivity contribution in [2.45, 2.75) is 30.2 Å². The van der Waals surface area contributed by atoms with Crippen LogP contribution in [0.15, 0.2) is 33.6 Å². The van der Waals surface area contributed by atoms with Crippen molar-refractivity contribution in [3.8, 4) is 0 Å². The summed E-state index contributed by atoms with van der Waals surface area (Å²) in [6.07, 6.45) is 2.98. The van der Waals surface area contributed by atoms with Gasteiger partial charge in [-0.3, -0.25) is 4.79 Å². The second-order valence-electron chi connectivity index (χ2n) is 4.86. The molecular formula is C14H20BrClN2OS. The minimum absolute atomic E-state index is 0. The van der Waals surface area contributed by atoms with Gasteiger partial charge in [0.05, 0.1) is 0 Å². The second kappa shape index (κ2) is 8.93. The molecule has 0 aliphatic heterocycles. The minimum Gasteiger partial charge on any atom is -0.355 e. The van der Waals surface area contributed by atoms with Crippen LogP contribution in [0.3, 0.4) is 0 Å². The van der Waals surface area contributed by atoms with Crippen molar-refractivity contribution in [1.82, 2.24) is 5.32 Å². The van der Waals surface area contributed by atoms with E-state index in [2.05, 4.69) is 33.4 Å². The average molecular weight is 380 g/mol. The lowest BCUT2D eigenvalue weighted by Gasteiger charge is -2.11. The molecule has 1 amide bonds. The smallest absolute Gasteiger partial charge is 0.220 e. The molecule has 0 bridgehead atoms. The number of nitrogens with one attached hydrogen (secondary N) is 1. The van der Waals surface area contributed by atoms with E-state index in [1.54, 1.807) is 11.8 Å². The summed E-state index contributed by atoms with van der Waals surface area (Å²) in [5.74, 6) is 1.53. The Kier molecular flexibility index (Phi) is 7.95. The zero-order valence-electron chi connectivity index (χ0n) is 11.2. The van der Waals surface area contributed by atoms with E-state index < -0.39 is 0 Å². The molecule has 0 heterocycles. The van der Waals surface area contributed by atoms with Crippen molar-refractivity contribution >= 4 is 46.0 Å². The summed E-state index contributed by atoms with van der Waals surface area (Å²) in [5.41, 5.74) is 5.94. The van der Waals surface area contributed by atoms with Crippen molar-refractivity contribution in [3.63, 3.8) is 0 Å². The molecule has 3 N–H and O–H groups in total. The number of nitrogens with two attached hydrogens (primary N) is 1. The van der Waals surface area contributed by atoms with E-state index in [-0.39, 0.29) is 24.4 Å². The van der Waals surface area contributed by atoms with Gasteiger partial charge in [0.2, 0.25) is 5.91 Å². The van der Waals surface area contributed by atoms with Crippen molar-refractivity contribution in [2.24, 2.45) is 11.7 Å². The maximum Gasteiger partial charge on any atom is 0.220 e. The standard InChI is InChI=1S/C14H19BrN2OS.ClH/c15-11-3-5-12(6-4-11)19-8-7-14(18)17-9-13(16)10-1-2-10;/h3-6,10,13H,1-2,7-9,16H2,(H,17,18);1H. The van der Waals surface area contributed by atoms with E-state index in [1.165, 1.54) is 17.7 Å². The van der Waals surface area contributed by atoms with Gasteiger partial charge in [-0.2, -0.15) is 0 Å². The summed E-state index contributed by atoms with van der Waals surface area (Å²) in [6, 6.07) is 8.27. The van der Waals surface area contributed by atoms with Crippen LogP contribution in [0.2, 0.25) is 0 Å². The van der Waals surface area contributed by atoms with Crippen LogP contribution in [0.1, 0.15) is 19.3 Å². The number of halogens is 2. The number of carbonyl (C=O) groups excluding carboxylic acids is 1. The van der Waals surface area contributed by atoms with Crippen molar-refractivity contribution in [2.75, 3.05) is 12.3 Å². The van der Waals surface area contributed by atoms with Crippen LogP contribution < -0.4 is 11.1 Å². The van der Waals surface area contributed by atoms with Crippen molar-refractivity contribution in [3.05, 3.63) is 28.7 Å². The maximum atomic E-state index is 11.6. The Labute approximate surface area is 139 Å². The lowest BCUT2D eigenvalue weighted by Crippen LogP contribution is -2.38. The van der Waals surface area contributed by atoms with Crippen LogP contribution in [-0.4, -0.2) is 24.2 Å². The number of carbonyl (C=O) groups is 1. The molecule has 0 saturated heterocycles. The van der Waals surface area contributed by atoms with Gasteiger partial charge >= 0.3 is 0 Å². The summed E-state index contributed by atoms with van der Waals surface area (Å²) < 4.78 is 1.07. The highest BCUT2D eigenvalue weighted by Crippen LogP contribution is 2.31. The van der Waals surface area contributed by atoms with Gasteiger partial charge in [0.25, 0.3) is 0 Å². The number of hydrogen-bond acceptors (Lipinski definition) is 3. The lowest BCUT2D eigenvalue weighted by molar-refractivity contribution is -0.120. The Morgan fingerprint density at radius 2 is 2.05 bits per heavy atom. The Morgan fingerprint density at radius 3 is 2.65 bits per heavy atom. The van der Waals surface area contributed by atoms with Crippen LogP contribution in [0.5, 0.6) is 0 Å². The van der Waals surface area contributed by atoms with E-state index in [4.69, 9.17) is 5.73 Å². The molecule has 1 unspecified atom stereocenters. The molecule has 112 valence electrons. The first-order chi connectivity index (χ1) is 9.15. The molecule has 2 rings (SSSR count). The molecule has 3 nitrogen and oxygen atoms in total. The average Bonchev–Trinajstić information content (AvgIpc) is 3.23. The van der Waals surface area contributed by atoms with Gasteiger partial charge in [0, 0.05) is 34.1 Å². The largest absolute Gasteiger partial charge is 0.355 e. The Hall–Kier alpha value is -0.230. The first kappa shape index (κ1) is 17.8. The topological polar surface area (TPSA) is 55.1 Å². The molecule has 1 saturated carbocycles. The summed E-state index contributed by atoms with van der Waals surface area (Å²) in [5, 5.41) is 2.91. The van der Waals surface area contributed by atoms with E-state index in [9.17, 15) is 4.79 Å². The first-order valence-corrected chi connectivity index (χ1v) is 8.33. The molecule has 0 radical (unpaired) electrons. The molecule has 1 aliphatic carbocycles. The van der Waals surface area contributed by atoms with Crippen LogP contribution in [-0.2, 0) is 4.79 Å². The molecule has 6 heteroatoms. The van der Waals surface area contributed by atoms with Crippen molar-refractivity contribution in [1.29, 1.82) is 0 Å². The Morgan fingerprint density at radius 1 is 1.40 bits per heavy atom. The van der Waals surface area contributed by atoms with Gasteiger partial charge in [0.1, 0.15) is 0 Å². The zero-order valence-corrected chi connectivity index (χ0v) is 14.4. The summed E-state index contributed by atoms with van der Waals surface area (Å²) in [4.78, 5) is 12.8. The maximum absolute atomic E-state index is 11.6. The van der Waals surface area contributed by atoms with E-state index >= 15 is 0 Å². The summed E-state index contributed by atoms with van der Waals surface area (Å²) >= 11 is 5.10. The molecule has 0 aromatic heterocycles. The fraction of sp³-hybridized carbons (Fsp3) is 0.500. The number of rotatable bonds is 7. The molecule has 1 fully saturated rings. The molecule has 20 heavy (non-hydrogen) atoms. The fourth-order valence-electron chi connectivity index (χ4n) is 1.80. The summed E-state index contributed by atoms with van der Waals surface area (Å²) in [6.45, 7) is 0.618. The third kappa shape index (κ3) is 6.48. The van der Waals surface area contributed by atoms with Crippen LogP contribution >= 0.6 is 40.1 Å². The van der Waals surface area contributed by atoms with Crippen molar-refractivity contribution < 1.29 is 4.79 Å². The molecule has 0 spiro atoms.